The predicted molar refractivity (Wildman–Crippen MR) is 73.6 cm³/mol. The zero-order chi connectivity index (χ0) is 13.8. The Labute approximate surface area is 113 Å². The molecular formula is C14H22N4O. The molecule has 2 aromatic rings. The number of nitrogens with two attached hydrogens (primary N) is 1. The molecule has 1 unspecified atom stereocenters. The van der Waals surface area contributed by atoms with Gasteiger partial charge in [-0.3, -0.25) is 0 Å². The first kappa shape index (κ1) is 13.8. The van der Waals surface area contributed by atoms with E-state index in [1.54, 1.807) is 6.33 Å². The summed E-state index contributed by atoms with van der Waals surface area (Å²) in [6.45, 7) is 7.24. The van der Waals surface area contributed by atoms with Crippen LogP contribution in [0.5, 0.6) is 0 Å². The molecule has 0 fully saturated rings. The number of nitrogens with zero attached hydrogens (tertiary/aromatic N) is 3. The smallest absolute Gasteiger partial charge is 0.138 e. The van der Waals surface area contributed by atoms with Crippen molar-refractivity contribution < 1.29 is 4.42 Å². The molecule has 0 radical (unpaired) electrons. The maximum atomic E-state index is 6.18. The van der Waals surface area contributed by atoms with Gasteiger partial charge >= 0.3 is 0 Å². The van der Waals surface area contributed by atoms with Crippen LogP contribution in [0.25, 0.3) is 0 Å². The molecule has 0 aliphatic rings. The summed E-state index contributed by atoms with van der Waals surface area (Å²) in [5.74, 6) is 3.23. The van der Waals surface area contributed by atoms with Gasteiger partial charge in [0.15, 0.2) is 0 Å². The molecule has 19 heavy (non-hydrogen) atoms. The lowest BCUT2D eigenvalue weighted by molar-refractivity contribution is 0.417. The van der Waals surface area contributed by atoms with Crippen molar-refractivity contribution in [1.29, 1.82) is 0 Å². The molecule has 0 aliphatic heterocycles. The summed E-state index contributed by atoms with van der Waals surface area (Å²) in [7, 11) is 0. The highest BCUT2D eigenvalue weighted by Gasteiger charge is 2.15. The van der Waals surface area contributed by atoms with Gasteiger partial charge < -0.3 is 10.2 Å². The molecule has 1 atom stereocenters. The molecule has 104 valence electrons. The van der Waals surface area contributed by atoms with Crippen LogP contribution in [-0.4, -0.2) is 14.8 Å². The molecule has 0 saturated heterocycles. The number of hydrogen-bond donors (Lipinski definition) is 1. The molecule has 2 N–H and O–H groups in total. The lowest BCUT2D eigenvalue weighted by Crippen LogP contribution is -2.18. The molecule has 0 aliphatic carbocycles. The summed E-state index contributed by atoms with van der Waals surface area (Å²) in [6.07, 6.45) is 3.11. The minimum atomic E-state index is -0.171. The molecule has 5 heteroatoms. The van der Waals surface area contributed by atoms with Crippen LogP contribution in [0.1, 0.15) is 44.2 Å². The molecule has 0 bridgehead atoms. The van der Waals surface area contributed by atoms with Gasteiger partial charge in [0.1, 0.15) is 23.7 Å². The van der Waals surface area contributed by atoms with Gasteiger partial charge in [-0.05, 0) is 18.1 Å². The summed E-state index contributed by atoms with van der Waals surface area (Å²) in [6, 6.07) is 3.76. The lowest BCUT2D eigenvalue weighted by atomic mass is 10.1. The summed E-state index contributed by atoms with van der Waals surface area (Å²) in [4.78, 5) is 4.29. The normalized spacial score (nSPS) is 13.1. The van der Waals surface area contributed by atoms with Crippen LogP contribution in [0.4, 0.5) is 0 Å². The van der Waals surface area contributed by atoms with Crippen molar-refractivity contribution in [2.24, 2.45) is 11.7 Å². The Kier molecular flexibility index (Phi) is 4.37. The lowest BCUT2D eigenvalue weighted by Gasteiger charge is -2.11. The van der Waals surface area contributed by atoms with Gasteiger partial charge in [0.2, 0.25) is 0 Å². The second kappa shape index (κ2) is 6.02. The minimum absolute atomic E-state index is 0.171. The van der Waals surface area contributed by atoms with Gasteiger partial charge in [-0.1, -0.05) is 20.8 Å². The maximum Gasteiger partial charge on any atom is 0.138 e. The van der Waals surface area contributed by atoms with Crippen LogP contribution in [0, 0.1) is 5.92 Å². The Balaban J connectivity index is 2.06. The Morgan fingerprint density at radius 2 is 2.16 bits per heavy atom. The van der Waals surface area contributed by atoms with Crippen molar-refractivity contribution in [3.8, 4) is 0 Å². The summed E-state index contributed by atoms with van der Waals surface area (Å²) in [5, 5.41) is 4.24. The van der Waals surface area contributed by atoms with Gasteiger partial charge in [-0.15, -0.1) is 0 Å². The van der Waals surface area contributed by atoms with E-state index in [9.17, 15) is 0 Å². The Morgan fingerprint density at radius 3 is 2.79 bits per heavy atom. The summed E-state index contributed by atoms with van der Waals surface area (Å²) in [5.41, 5.74) is 6.18. The van der Waals surface area contributed by atoms with Crippen molar-refractivity contribution in [2.45, 2.75) is 46.2 Å². The first-order chi connectivity index (χ1) is 9.10. The topological polar surface area (TPSA) is 69.9 Å². The fraction of sp³-hybridized carbons (Fsp3) is 0.571. The van der Waals surface area contributed by atoms with E-state index in [1.165, 1.54) is 0 Å². The standard InChI is InChI=1S/C14H22N4O/c1-4-11-5-6-13(19-11)12(15)7-14-16-9-17-18(14)8-10(2)3/h5-6,9-10,12H,4,7-8,15H2,1-3H3. The van der Waals surface area contributed by atoms with E-state index in [0.717, 1.165) is 30.3 Å². The first-order valence-electron chi connectivity index (χ1n) is 6.81. The third kappa shape index (κ3) is 3.44. The van der Waals surface area contributed by atoms with Gasteiger partial charge in [0.25, 0.3) is 0 Å². The van der Waals surface area contributed by atoms with E-state index < -0.39 is 0 Å². The zero-order valence-electron chi connectivity index (χ0n) is 11.8. The highest BCUT2D eigenvalue weighted by molar-refractivity contribution is 5.11. The molecule has 2 aromatic heterocycles. The second-order valence-electron chi connectivity index (χ2n) is 5.22. The molecule has 2 rings (SSSR count). The fourth-order valence-electron chi connectivity index (χ4n) is 2.03. The summed E-state index contributed by atoms with van der Waals surface area (Å²) >= 11 is 0. The van der Waals surface area contributed by atoms with Crippen LogP contribution >= 0.6 is 0 Å². The molecular weight excluding hydrogens is 240 g/mol. The number of hydrogen-bond acceptors (Lipinski definition) is 4. The van der Waals surface area contributed by atoms with Crippen LogP contribution in [0.2, 0.25) is 0 Å². The van der Waals surface area contributed by atoms with Gasteiger partial charge in [-0.25, -0.2) is 9.67 Å². The number of rotatable bonds is 6. The van der Waals surface area contributed by atoms with Crippen molar-refractivity contribution in [3.63, 3.8) is 0 Å². The molecule has 2 heterocycles. The Hall–Kier alpha value is -1.62. The van der Waals surface area contributed by atoms with Gasteiger partial charge in [0, 0.05) is 19.4 Å². The Morgan fingerprint density at radius 1 is 1.37 bits per heavy atom. The van der Waals surface area contributed by atoms with E-state index >= 15 is 0 Å². The monoisotopic (exact) mass is 262 g/mol. The highest BCUT2D eigenvalue weighted by atomic mass is 16.3. The Bertz CT molecular complexity index is 515. The van der Waals surface area contributed by atoms with Gasteiger partial charge in [0.05, 0.1) is 6.04 Å². The predicted octanol–water partition coefficient (Wildman–Crippen LogP) is 2.33. The van der Waals surface area contributed by atoms with Crippen LogP contribution in [0.15, 0.2) is 22.9 Å². The molecule has 0 aromatic carbocycles. The van der Waals surface area contributed by atoms with E-state index in [1.807, 2.05) is 16.8 Å². The summed E-state index contributed by atoms with van der Waals surface area (Å²) < 4.78 is 7.61. The van der Waals surface area contributed by atoms with Crippen molar-refractivity contribution in [2.75, 3.05) is 0 Å². The third-order valence-electron chi connectivity index (χ3n) is 3.03. The van der Waals surface area contributed by atoms with Crippen molar-refractivity contribution in [3.05, 3.63) is 35.8 Å². The van der Waals surface area contributed by atoms with Crippen molar-refractivity contribution >= 4 is 0 Å². The quantitative estimate of drug-likeness (QED) is 0.867. The molecule has 0 spiro atoms. The molecule has 5 nitrogen and oxygen atoms in total. The second-order valence-corrected chi connectivity index (χ2v) is 5.22. The molecule has 0 amide bonds. The molecule has 0 saturated carbocycles. The third-order valence-corrected chi connectivity index (χ3v) is 3.03. The number of aromatic nitrogens is 3. The van der Waals surface area contributed by atoms with Crippen LogP contribution in [-0.2, 0) is 19.4 Å². The SMILES string of the molecule is CCc1ccc(C(N)Cc2ncnn2CC(C)C)o1. The average Bonchev–Trinajstić information content (AvgIpc) is 2.98. The van der Waals surface area contributed by atoms with Crippen LogP contribution < -0.4 is 5.73 Å². The average molecular weight is 262 g/mol. The largest absolute Gasteiger partial charge is 0.464 e. The minimum Gasteiger partial charge on any atom is -0.464 e. The highest BCUT2D eigenvalue weighted by Crippen LogP contribution is 2.18. The maximum absolute atomic E-state index is 6.18. The number of furan rings is 1. The first-order valence-corrected chi connectivity index (χ1v) is 6.81. The number of aryl methyl sites for hydroxylation is 1. The van der Waals surface area contributed by atoms with Gasteiger partial charge in [-0.2, -0.15) is 5.10 Å². The van der Waals surface area contributed by atoms with E-state index in [2.05, 4.69) is 30.9 Å². The van der Waals surface area contributed by atoms with Crippen LogP contribution in [0.3, 0.4) is 0 Å². The van der Waals surface area contributed by atoms with E-state index in [0.29, 0.717) is 12.3 Å². The van der Waals surface area contributed by atoms with E-state index in [-0.39, 0.29) is 6.04 Å². The zero-order valence-corrected chi connectivity index (χ0v) is 11.8. The fourth-order valence-corrected chi connectivity index (χ4v) is 2.03. The van der Waals surface area contributed by atoms with E-state index in [4.69, 9.17) is 10.2 Å². The van der Waals surface area contributed by atoms with Crippen molar-refractivity contribution in [1.82, 2.24) is 14.8 Å².